The van der Waals surface area contributed by atoms with Crippen LogP contribution in [0.15, 0.2) is 18.2 Å². The lowest BCUT2D eigenvalue weighted by molar-refractivity contribution is -0.159. The van der Waals surface area contributed by atoms with Gasteiger partial charge in [-0.1, -0.05) is 0 Å². The Morgan fingerprint density at radius 2 is 1.77 bits per heavy atom. The van der Waals surface area contributed by atoms with Crippen LogP contribution < -0.4 is 4.74 Å². The van der Waals surface area contributed by atoms with Gasteiger partial charge < -0.3 is 14.6 Å². The number of nitrogens with one attached hydrogen (secondary N) is 1. The summed E-state index contributed by atoms with van der Waals surface area (Å²) < 4.78 is 5.31. The SMILES string of the molecule is COc1ccc2nc(CN3CCN(C(=O)C45CC6CC(CC(C6)C4)C5)CC3)[nH]c2c1. The van der Waals surface area contributed by atoms with Crippen LogP contribution in [0.5, 0.6) is 5.75 Å². The van der Waals surface area contributed by atoms with Gasteiger partial charge >= 0.3 is 0 Å². The van der Waals surface area contributed by atoms with E-state index in [2.05, 4.69) is 14.8 Å². The second kappa shape index (κ2) is 6.98. The van der Waals surface area contributed by atoms with Crippen LogP contribution in [0, 0.1) is 23.2 Å². The first-order chi connectivity index (χ1) is 14.6. The number of ether oxygens (including phenoxy) is 1. The zero-order chi connectivity index (χ0) is 20.3. The highest BCUT2D eigenvalue weighted by atomic mass is 16.5. The number of methoxy groups -OCH3 is 1. The molecule has 30 heavy (non-hydrogen) atoms. The molecule has 0 spiro atoms. The van der Waals surface area contributed by atoms with E-state index >= 15 is 0 Å². The van der Waals surface area contributed by atoms with Crippen LogP contribution in [-0.4, -0.2) is 59.0 Å². The van der Waals surface area contributed by atoms with E-state index in [1.807, 2.05) is 18.2 Å². The summed E-state index contributed by atoms with van der Waals surface area (Å²) in [7, 11) is 1.68. The third kappa shape index (κ3) is 3.11. The zero-order valence-corrected chi connectivity index (χ0v) is 17.9. The molecule has 1 N–H and O–H groups in total. The Kier molecular flexibility index (Phi) is 4.34. The monoisotopic (exact) mass is 408 g/mol. The molecule has 2 heterocycles. The predicted molar refractivity (Wildman–Crippen MR) is 115 cm³/mol. The zero-order valence-electron chi connectivity index (χ0n) is 17.9. The molecule has 4 saturated carbocycles. The Bertz CT molecular complexity index is 924. The van der Waals surface area contributed by atoms with Crippen LogP contribution in [0.2, 0.25) is 0 Å². The fourth-order valence-electron chi connectivity index (χ4n) is 7.27. The minimum absolute atomic E-state index is 0.00525. The highest BCUT2D eigenvalue weighted by Gasteiger charge is 2.55. The standard InChI is InChI=1S/C24H32N4O2/c1-30-19-2-3-20-21(11-19)26-22(25-20)15-27-4-6-28(7-5-27)23(29)24-12-16-8-17(13-24)10-18(9-16)14-24/h2-3,11,16-18H,4-10,12-15H2,1H3,(H,25,26). The summed E-state index contributed by atoms with van der Waals surface area (Å²) >= 11 is 0. The number of imidazole rings is 1. The van der Waals surface area contributed by atoms with Gasteiger partial charge in [0.05, 0.1) is 30.1 Å². The Balaban J connectivity index is 1.09. The van der Waals surface area contributed by atoms with Gasteiger partial charge in [-0.3, -0.25) is 9.69 Å². The van der Waals surface area contributed by atoms with Crippen LogP contribution in [0.3, 0.4) is 0 Å². The molecule has 5 fully saturated rings. The first kappa shape index (κ1) is 18.7. The predicted octanol–water partition coefficient (Wildman–Crippen LogP) is 3.43. The van der Waals surface area contributed by atoms with Crippen LogP contribution in [0.1, 0.15) is 44.3 Å². The number of rotatable bonds is 4. The molecule has 4 aliphatic carbocycles. The molecular formula is C24H32N4O2. The molecule has 1 saturated heterocycles. The maximum atomic E-state index is 13.6. The molecular weight excluding hydrogens is 376 g/mol. The van der Waals surface area contributed by atoms with Crippen molar-refractivity contribution in [3.8, 4) is 5.75 Å². The fourth-order valence-corrected chi connectivity index (χ4v) is 7.27. The molecule has 1 aliphatic heterocycles. The minimum Gasteiger partial charge on any atom is -0.497 e. The number of aromatic nitrogens is 2. The summed E-state index contributed by atoms with van der Waals surface area (Å²) in [4.78, 5) is 26.3. The smallest absolute Gasteiger partial charge is 0.228 e. The van der Waals surface area contributed by atoms with Crippen molar-refractivity contribution in [1.29, 1.82) is 0 Å². The maximum Gasteiger partial charge on any atom is 0.228 e. The van der Waals surface area contributed by atoms with Gasteiger partial charge in [-0.25, -0.2) is 4.98 Å². The van der Waals surface area contributed by atoms with Crippen LogP contribution >= 0.6 is 0 Å². The van der Waals surface area contributed by atoms with Crippen LogP contribution in [0.25, 0.3) is 11.0 Å². The van der Waals surface area contributed by atoms with E-state index in [1.165, 1.54) is 38.5 Å². The van der Waals surface area contributed by atoms with Gasteiger partial charge in [0.1, 0.15) is 11.6 Å². The molecule has 0 radical (unpaired) electrons. The molecule has 0 atom stereocenters. The van der Waals surface area contributed by atoms with Crippen molar-refractivity contribution in [2.45, 2.75) is 45.1 Å². The van der Waals surface area contributed by atoms with Gasteiger partial charge in [-0.15, -0.1) is 0 Å². The fraction of sp³-hybridized carbons (Fsp3) is 0.667. The van der Waals surface area contributed by atoms with Gasteiger partial charge in [0, 0.05) is 32.2 Å². The summed E-state index contributed by atoms with van der Waals surface area (Å²) in [5.41, 5.74) is 1.98. The second-order valence-electron chi connectivity index (χ2n) is 10.3. The number of aromatic amines is 1. The van der Waals surface area contributed by atoms with Gasteiger partial charge in [0.15, 0.2) is 0 Å². The van der Waals surface area contributed by atoms with Gasteiger partial charge in [0.2, 0.25) is 5.91 Å². The molecule has 1 aromatic carbocycles. The number of hydrogen-bond donors (Lipinski definition) is 1. The highest BCUT2D eigenvalue weighted by Crippen LogP contribution is 2.60. The van der Waals surface area contributed by atoms with Gasteiger partial charge in [0.25, 0.3) is 0 Å². The van der Waals surface area contributed by atoms with Crippen molar-refractivity contribution >= 4 is 16.9 Å². The number of piperazine rings is 1. The molecule has 1 amide bonds. The number of fused-ring (bicyclic) bond motifs is 1. The maximum absolute atomic E-state index is 13.6. The molecule has 4 bridgehead atoms. The average Bonchev–Trinajstić information content (AvgIpc) is 3.14. The third-order valence-corrected chi connectivity index (χ3v) is 8.26. The summed E-state index contributed by atoms with van der Waals surface area (Å²) in [5.74, 6) is 4.79. The first-order valence-electron chi connectivity index (χ1n) is 11.6. The average molecular weight is 409 g/mol. The van der Waals surface area contributed by atoms with E-state index in [1.54, 1.807) is 7.11 Å². The number of amides is 1. The second-order valence-corrected chi connectivity index (χ2v) is 10.3. The normalized spacial score (nSPS) is 33.4. The molecule has 2 aromatic rings. The van der Waals surface area contributed by atoms with E-state index in [9.17, 15) is 4.79 Å². The van der Waals surface area contributed by atoms with Crippen LogP contribution in [0.4, 0.5) is 0 Å². The summed E-state index contributed by atoms with van der Waals surface area (Å²) in [6.07, 6.45) is 7.68. The van der Waals surface area contributed by atoms with Crippen molar-refractivity contribution < 1.29 is 9.53 Å². The quantitative estimate of drug-likeness (QED) is 0.842. The van der Waals surface area contributed by atoms with Crippen molar-refractivity contribution in [1.82, 2.24) is 19.8 Å². The van der Waals surface area contributed by atoms with E-state index in [-0.39, 0.29) is 5.41 Å². The van der Waals surface area contributed by atoms with E-state index < -0.39 is 0 Å². The third-order valence-electron chi connectivity index (χ3n) is 8.26. The first-order valence-corrected chi connectivity index (χ1v) is 11.6. The van der Waals surface area contributed by atoms with Gasteiger partial charge in [-0.05, 0) is 68.4 Å². The molecule has 6 heteroatoms. The number of nitrogens with zero attached hydrogens (tertiary/aromatic N) is 3. The molecule has 5 aliphatic rings. The topological polar surface area (TPSA) is 61.5 Å². The highest BCUT2D eigenvalue weighted by molar-refractivity contribution is 5.83. The molecule has 7 rings (SSSR count). The Labute approximate surface area is 178 Å². The lowest BCUT2D eigenvalue weighted by Gasteiger charge is -2.57. The lowest BCUT2D eigenvalue weighted by atomic mass is 9.49. The van der Waals surface area contributed by atoms with E-state index in [4.69, 9.17) is 9.72 Å². The van der Waals surface area contributed by atoms with Gasteiger partial charge in [-0.2, -0.15) is 0 Å². The van der Waals surface area contributed by atoms with Crippen molar-refractivity contribution in [3.05, 3.63) is 24.0 Å². The van der Waals surface area contributed by atoms with Crippen molar-refractivity contribution in [2.24, 2.45) is 23.2 Å². The lowest BCUT2D eigenvalue weighted by Crippen LogP contribution is -2.58. The summed E-state index contributed by atoms with van der Waals surface area (Å²) in [6, 6.07) is 5.94. The summed E-state index contributed by atoms with van der Waals surface area (Å²) in [5, 5.41) is 0. The molecule has 160 valence electrons. The molecule has 0 unspecified atom stereocenters. The van der Waals surface area contributed by atoms with Crippen LogP contribution in [-0.2, 0) is 11.3 Å². The number of H-pyrrole nitrogens is 1. The van der Waals surface area contributed by atoms with Crippen molar-refractivity contribution in [2.75, 3.05) is 33.3 Å². The summed E-state index contributed by atoms with van der Waals surface area (Å²) in [6.45, 7) is 4.37. The van der Waals surface area contributed by atoms with E-state index in [0.29, 0.717) is 5.91 Å². The molecule has 6 nitrogen and oxygen atoms in total. The number of benzene rings is 1. The molecule has 1 aromatic heterocycles. The number of carbonyl (C=O) groups is 1. The largest absolute Gasteiger partial charge is 0.497 e. The van der Waals surface area contributed by atoms with E-state index in [0.717, 1.165) is 73.1 Å². The Morgan fingerprint density at radius 3 is 2.40 bits per heavy atom. The number of hydrogen-bond acceptors (Lipinski definition) is 4. The minimum atomic E-state index is -0.00525. The van der Waals surface area contributed by atoms with Crippen molar-refractivity contribution in [3.63, 3.8) is 0 Å². The number of carbonyl (C=O) groups excluding carboxylic acids is 1. The Hall–Kier alpha value is -2.08. The Morgan fingerprint density at radius 1 is 1.10 bits per heavy atom.